The standard InChI is InChI=1S/C21H24N6O/c1-16-17(2)22-15-23-21(16)26-12-10-25(11-13-26)19-8-9-20(28)27(24-19)14-18-6-4-3-5-7-18/h3-9,15H,10-14H2,1-2H3. The second kappa shape index (κ2) is 7.80. The highest BCUT2D eigenvalue weighted by Crippen LogP contribution is 2.21. The fraction of sp³-hybridized carbons (Fsp3) is 0.333. The van der Waals surface area contributed by atoms with Gasteiger partial charge in [0, 0.05) is 43.5 Å². The van der Waals surface area contributed by atoms with Crippen LogP contribution in [-0.2, 0) is 6.54 Å². The van der Waals surface area contributed by atoms with Gasteiger partial charge in [-0.1, -0.05) is 30.3 Å². The molecule has 1 aliphatic heterocycles. The van der Waals surface area contributed by atoms with Crippen LogP contribution in [0.15, 0.2) is 53.6 Å². The molecule has 7 nitrogen and oxygen atoms in total. The van der Waals surface area contributed by atoms with Gasteiger partial charge in [0.1, 0.15) is 18.0 Å². The largest absolute Gasteiger partial charge is 0.353 e. The molecule has 3 aromatic rings. The lowest BCUT2D eigenvalue weighted by Crippen LogP contribution is -2.47. The maximum absolute atomic E-state index is 12.2. The molecule has 0 atom stereocenters. The summed E-state index contributed by atoms with van der Waals surface area (Å²) in [6.07, 6.45) is 1.63. The molecule has 0 bridgehead atoms. The average molecular weight is 376 g/mol. The third-order valence-electron chi connectivity index (χ3n) is 5.24. The molecule has 2 aromatic heterocycles. The van der Waals surface area contributed by atoms with Crippen LogP contribution in [0.3, 0.4) is 0 Å². The molecule has 3 heterocycles. The Kier molecular flexibility index (Phi) is 5.06. The van der Waals surface area contributed by atoms with Gasteiger partial charge in [0.05, 0.1) is 6.54 Å². The Labute approximate surface area is 164 Å². The molecule has 144 valence electrons. The highest BCUT2D eigenvalue weighted by molar-refractivity contribution is 5.50. The number of piperazine rings is 1. The van der Waals surface area contributed by atoms with E-state index in [2.05, 4.69) is 31.8 Å². The Morgan fingerprint density at radius 3 is 2.36 bits per heavy atom. The molecule has 1 fully saturated rings. The van der Waals surface area contributed by atoms with Gasteiger partial charge in [0.15, 0.2) is 0 Å². The Hall–Kier alpha value is -3.22. The van der Waals surface area contributed by atoms with Crippen LogP contribution in [0, 0.1) is 13.8 Å². The first-order valence-electron chi connectivity index (χ1n) is 9.52. The van der Waals surface area contributed by atoms with Gasteiger partial charge >= 0.3 is 0 Å². The number of aromatic nitrogens is 4. The van der Waals surface area contributed by atoms with Gasteiger partial charge in [-0.05, 0) is 25.5 Å². The van der Waals surface area contributed by atoms with E-state index in [1.807, 2.05) is 43.3 Å². The van der Waals surface area contributed by atoms with E-state index in [4.69, 9.17) is 0 Å². The molecule has 0 saturated carbocycles. The molecule has 0 unspecified atom stereocenters. The molecule has 1 aliphatic rings. The first kappa shape index (κ1) is 18.2. The molecular weight excluding hydrogens is 352 g/mol. The van der Waals surface area contributed by atoms with Crippen molar-refractivity contribution in [2.24, 2.45) is 0 Å². The molecule has 1 aromatic carbocycles. The van der Waals surface area contributed by atoms with E-state index >= 15 is 0 Å². The zero-order valence-electron chi connectivity index (χ0n) is 16.2. The fourth-order valence-corrected chi connectivity index (χ4v) is 3.47. The minimum absolute atomic E-state index is 0.0849. The highest BCUT2D eigenvalue weighted by Gasteiger charge is 2.21. The number of benzene rings is 1. The van der Waals surface area contributed by atoms with E-state index in [1.54, 1.807) is 12.4 Å². The summed E-state index contributed by atoms with van der Waals surface area (Å²) in [5.41, 5.74) is 3.12. The summed E-state index contributed by atoms with van der Waals surface area (Å²) in [6, 6.07) is 13.4. The summed E-state index contributed by atoms with van der Waals surface area (Å²) in [5.74, 6) is 1.85. The molecule has 0 amide bonds. The Morgan fingerprint density at radius 2 is 1.61 bits per heavy atom. The Morgan fingerprint density at radius 1 is 0.893 bits per heavy atom. The number of hydrogen-bond acceptors (Lipinski definition) is 6. The monoisotopic (exact) mass is 376 g/mol. The van der Waals surface area contributed by atoms with Gasteiger partial charge in [-0.3, -0.25) is 4.79 Å². The van der Waals surface area contributed by atoms with Gasteiger partial charge in [-0.2, -0.15) is 5.10 Å². The van der Waals surface area contributed by atoms with Crippen molar-refractivity contribution in [2.75, 3.05) is 36.0 Å². The van der Waals surface area contributed by atoms with Crippen molar-refractivity contribution in [3.8, 4) is 0 Å². The maximum Gasteiger partial charge on any atom is 0.267 e. The molecule has 0 aliphatic carbocycles. The van der Waals surface area contributed by atoms with Crippen molar-refractivity contribution in [1.82, 2.24) is 19.7 Å². The van der Waals surface area contributed by atoms with E-state index in [1.165, 1.54) is 4.68 Å². The number of hydrogen-bond donors (Lipinski definition) is 0. The van der Waals surface area contributed by atoms with Gasteiger partial charge in [-0.25, -0.2) is 14.6 Å². The fourth-order valence-electron chi connectivity index (χ4n) is 3.47. The second-order valence-corrected chi connectivity index (χ2v) is 7.05. The van der Waals surface area contributed by atoms with Crippen molar-refractivity contribution >= 4 is 11.6 Å². The lowest BCUT2D eigenvalue weighted by Gasteiger charge is -2.36. The van der Waals surface area contributed by atoms with Crippen LogP contribution < -0.4 is 15.4 Å². The minimum atomic E-state index is -0.0849. The van der Waals surface area contributed by atoms with Crippen LogP contribution in [0.1, 0.15) is 16.8 Å². The highest BCUT2D eigenvalue weighted by atomic mass is 16.1. The third kappa shape index (κ3) is 3.74. The summed E-state index contributed by atoms with van der Waals surface area (Å²) in [6.45, 7) is 7.94. The topological polar surface area (TPSA) is 67.2 Å². The molecule has 7 heteroatoms. The smallest absolute Gasteiger partial charge is 0.267 e. The van der Waals surface area contributed by atoms with Crippen molar-refractivity contribution in [2.45, 2.75) is 20.4 Å². The van der Waals surface area contributed by atoms with Gasteiger partial charge in [0.25, 0.3) is 5.56 Å². The van der Waals surface area contributed by atoms with Crippen LogP contribution in [0.4, 0.5) is 11.6 Å². The lowest BCUT2D eigenvalue weighted by molar-refractivity contribution is 0.598. The van der Waals surface area contributed by atoms with Crippen LogP contribution in [0.5, 0.6) is 0 Å². The normalized spacial score (nSPS) is 14.4. The van der Waals surface area contributed by atoms with E-state index in [0.717, 1.165) is 54.6 Å². The van der Waals surface area contributed by atoms with Crippen molar-refractivity contribution in [3.05, 3.63) is 76.0 Å². The summed E-state index contributed by atoms with van der Waals surface area (Å²) in [7, 11) is 0. The SMILES string of the molecule is Cc1ncnc(N2CCN(c3ccc(=O)n(Cc4ccccc4)n3)CC2)c1C. The second-order valence-electron chi connectivity index (χ2n) is 7.05. The summed E-state index contributed by atoms with van der Waals surface area (Å²) in [4.78, 5) is 25.5. The van der Waals surface area contributed by atoms with Crippen LogP contribution in [0.2, 0.25) is 0 Å². The number of rotatable bonds is 4. The lowest BCUT2D eigenvalue weighted by atomic mass is 10.2. The molecule has 0 N–H and O–H groups in total. The maximum atomic E-state index is 12.2. The average Bonchev–Trinajstić information content (AvgIpc) is 2.73. The summed E-state index contributed by atoms with van der Waals surface area (Å²) < 4.78 is 1.54. The number of aryl methyl sites for hydroxylation is 1. The number of anilines is 2. The van der Waals surface area contributed by atoms with Crippen molar-refractivity contribution in [3.63, 3.8) is 0 Å². The zero-order valence-corrected chi connectivity index (χ0v) is 16.2. The summed E-state index contributed by atoms with van der Waals surface area (Å²) in [5, 5.41) is 4.61. The minimum Gasteiger partial charge on any atom is -0.353 e. The molecular formula is C21H24N6O. The molecule has 0 spiro atoms. The van der Waals surface area contributed by atoms with Gasteiger partial charge in [-0.15, -0.1) is 0 Å². The summed E-state index contributed by atoms with van der Waals surface area (Å²) >= 11 is 0. The Bertz CT molecular complexity index is 1010. The van der Waals surface area contributed by atoms with Crippen molar-refractivity contribution in [1.29, 1.82) is 0 Å². The van der Waals surface area contributed by atoms with Gasteiger partial charge < -0.3 is 9.80 Å². The zero-order chi connectivity index (χ0) is 19.5. The Balaban J connectivity index is 1.48. The molecule has 4 rings (SSSR count). The van der Waals surface area contributed by atoms with E-state index in [0.29, 0.717) is 6.54 Å². The molecule has 1 saturated heterocycles. The van der Waals surface area contributed by atoms with Crippen LogP contribution in [-0.4, -0.2) is 45.9 Å². The van der Waals surface area contributed by atoms with Crippen molar-refractivity contribution < 1.29 is 0 Å². The first-order chi connectivity index (χ1) is 13.6. The first-order valence-corrected chi connectivity index (χ1v) is 9.52. The van der Waals surface area contributed by atoms with E-state index in [9.17, 15) is 4.79 Å². The predicted octanol–water partition coefficient (Wildman–Crippen LogP) is 2.03. The van der Waals surface area contributed by atoms with E-state index < -0.39 is 0 Å². The third-order valence-corrected chi connectivity index (χ3v) is 5.24. The van der Waals surface area contributed by atoms with E-state index in [-0.39, 0.29) is 5.56 Å². The quantitative estimate of drug-likeness (QED) is 0.694. The molecule has 28 heavy (non-hydrogen) atoms. The van der Waals surface area contributed by atoms with Gasteiger partial charge in [0.2, 0.25) is 0 Å². The predicted molar refractivity (Wildman–Crippen MR) is 110 cm³/mol. The van der Waals surface area contributed by atoms with Crippen LogP contribution in [0.25, 0.3) is 0 Å². The van der Waals surface area contributed by atoms with Crippen LogP contribution >= 0.6 is 0 Å². The number of nitrogens with zero attached hydrogens (tertiary/aromatic N) is 6. The molecule has 0 radical (unpaired) electrons.